The third-order valence-corrected chi connectivity index (χ3v) is 2.79. The maximum atomic E-state index is 13.6. The number of benzene rings is 1. The molecule has 2 aromatic rings. The van der Waals surface area contributed by atoms with Gasteiger partial charge in [0.1, 0.15) is 0 Å². The van der Waals surface area contributed by atoms with E-state index >= 15 is 0 Å². The summed E-state index contributed by atoms with van der Waals surface area (Å²) < 4.78 is 18.7. The van der Waals surface area contributed by atoms with Crippen molar-refractivity contribution in [2.24, 2.45) is 0 Å². The van der Waals surface area contributed by atoms with Crippen LogP contribution in [0.5, 0.6) is 0 Å². The first-order valence-corrected chi connectivity index (χ1v) is 5.50. The van der Waals surface area contributed by atoms with Gasteiger partial charge in [-0.15, -0.1) is 0 Å². The minimum Gasteiger partial charge on any atom is -0.475 e. The first-order valence-electron chi connectivity index (χ1n) is 5.50. The molecular formula is C13H13FO3. The largest absolute Gasteiger partial charge is 0.475 e. The predicted molar refractivity (Wildman–Crippen MR) is 61.9 cm³/mol. The highest BCUT2D eigenvalue weighted by molar-refractivity contribution is 5.96. The van der Waals surface area contributed by atoms with E-state index in [0.29, 0.717) is 17.4 Å². The first kappa shape index (κ1) is 11.6. The number of fused-ring (bicyclic) bond motifs is 1. The van der Waals surface area contributed by atoms with Crippen LogP contribution in [0.2, 0.25) is 0 Å². The molecule has 0 bridgehead atoms. The first-order chi connectivity index (χ1) is 8.06. The van der Waals surface area contributed by atoms with Gasteiger partial charge in [-0.25, -0.2) is 9.18 Å². The van der Waals surface area contributed by atoms with Crippen molar-refractivity contribution in [3.63, 3.8) is 0 Å². The Morgan fingerprint density at radius 1 is 1.47 bits per heavy atom. The Bertz CT molecular complexity index is 584. The zero-order chi connectivity index (χ0) is 12.6. The van der Waals surface area contributed by atoms with E-state index in [1.54, 1.807) is 6.07 Å². The van der Waals surface area contributed by atoms with Crippen LogP contribution in [0.25, 0.3) is 11.0 Å². The summed E-state index contributed by atoms with van der Waals surface area (Å²) in [6, 6.07) is 2.93. The van der Waals surface area contributed by atoms with Gasteiger partial charge in [0, 0.05) is 10.9 Å². The van der Waals surface area contributed by atoms with E-state index in [-0.39, 0.29) is 11.3 Å². The SMILES string of the molecule is CCCc1c(C(=O)O)oc2c(F)ccc(C)c12. The van der Waals surface area contributed by atoms with Crippen molar-refractivity contribution in [1.82, 2.24) is 0 Å². The molecule has 3 nitrogen and oxygen atoms in total. The zero-order valence-electron chi connectivity index (χ0n) is 9.71. The molecule has 1 aromatic heterocycles. The van der Waals surface area contributed by atoms with Crippen LogP contribution in [0, 0.1) is 12.7 Å². The second-order valence-electron chi connectivity index (χ2n) is 4.03. The molecule has 0 amide bonds. The Kier molecular flexibility index (Phi) is 2.88. The molecule has 1 heterocycles. The molecule has 1 aromatic carbocycles. The molecule has 0 aliphatic rings. The average Bonchev–Trinajstić information content (AvgIpc) is 2.65. The fourth-order valence-corrected chi connectivity index (χ4v) is 2.07. The minimum atomic E-state index is -1.15. The van der Waals surface area contributed by atoms with Crippen molar-refractivity contribution in [2.45, 2.75) is 26.7 Å². The topological polar surface area (TPSA) is 50.4 Å². The summed E-state index contributed by atoms with van der Waals surface area (Å²) in [5.41, 5.74) is 1.47. The van der Waals surface area contributed by atoms with E-state index in [4.69, 9.17) is 9.52 Å². The van der Waals surface area contributed by atoms with Crippen molar-refractivity contribution in [2.75, 3.05) is 0 Å². The lowest BCUT2D eigenvalue weighted by atomic mass is 10.0. The monoisotopic (exact) mass is 236 g/mol. The summed E-state index contributed by atoms with van der Waals surface area (Å²) in [5, 5.41) is 9.66. The third kappa shape index (κ3) is 1.79. The van der Waals surface area contributed by atoms with Gasteiger partial charge in [0.05, 0.1) is 0 Å². The molecule has 0 saturated heterocycles. The summed E-state index contributed by atoms with van der Waals surface area (Å²) >= 11 is 0. The second-order valence-corrected chi connectivity index (χ2v) is 4.03. The lowest BCUT2D eigenvalue weighted by molar-refractivity contribution is 0.0663. The number of rotatable bonds is 3. The van der Waals surface area contributed by atoms with Crippen LogP contribution in [0.4, 0.5) is 4.39 Å². The fraction of sp³-hybridized carbons (Fsp3) is 0.308. The van der Waals surface area contributed by atoms with Gasteiger partial charge in [-0.2, -0.15) is 0 Å². The number of halogens is 1. The van der Waals surface area contributed by atoms with Crippen LogP contribution in [-0.4, -0.2) is 11.1 Å². The van der Waals surface area contributed by atoms with E-state index < -0.39 is 11.8 Å². The number of aryl methyl sites for hydroxylation is 2. The molecule has 0 unspecified atom stereocenters. The van der Waals surface area contributed by atoms with Gasteiger partial charge in [0.2, 0.25) is 5.76 Å². The molecule has 4 heteroatoms. The van der Waals surface area contributed by atoms with Crippen LogP contribution < -0.4 is 0 Å². The van der Waals surface area contributed by atoms with Crippen molar-refractivity contribution in [1.29, 1.82) is 0 Å². The van der Waals surface area contributed by atoms with Crippen molar-refractivity contribution in [3.05, 3.63) is 34.8 Å². The third-order valence-electron chi connectivity index (χ3n) is 2.79. The number of carbonyl (C=O) groups is 1. The standard InChI is InChI=1S/C13H13FO3/c1-3-4-8-10-7(2)5-6-9(14)12(10)17-11(8)13(15)16/h5-6H,3-4H2,1-2H3,(H,15,16). The normalized spacial score (nSPS) is 11.0. The Balaban J connectivity index is 2.84. The molecule has 0 saturated carbocycles. The average molecular weight is 236 g/mol. The molecule has 0 aliphatic carbocycles. The number of carboxylic acids is 1. The van der Waals surface area contributed by atoms with Crippen molar-refractivity contribution >= 4 is 16.9 Å². The smallest absolute Gasteiger partial charge is 0.372 e. The zero-order valence-corrected chi connectivity index (χ0v) is 9.71. The highest BCUT2D eigenvalue weighted by Gasteiger charge is 2.22. The molecule has 0 fully saturated rings. The summed E-state index contributed by atoms with van der Waals surface area (Å²) in [6.07, 6.45) is 1.35. The van der Waals surface area contributed by atoms with Crippen molar-refractivity contribution in [3.8, 4) is 0 Å². The van der Waals surface area contributed by atoms with Crippen LogP contribution >= 0.6 is 0 Å². The Morgan fingerprint density at radius 3 is 2.76 bits per heavy atom. The molecule has 17 heavy (non-hydrogen) atoms. The highest BCUT2D eigenvalue weighted by atomic mass is 19.1. The number of furan rings is 1. The van der Waals surface area contributed by atoms with Gasteiger partial charge >= 0.3 is 5.97 Å². The molecule has 1 N–H and O–H groups in total. The molecular weight excluding hydrogens is 223 g/mol. The molecule has 0 radical (unpaired) electrons. The number of aromatic carboxylic acids is 1. The summed E-state index contributed by atoms with van der Waals surface area (Å²) in [5.74, 6) is -1.81. The summed E-state index contributed by atoms with van der Waals surface area (Å²) in [6.45, 7) is 3.77. The van der Waals surface area contributed by atoms with Crippen LogP contribution in [0.15, 0.2) is 16.5 Å². The van der Waals surface area contributed by atoms with Gasteiger partial charge in [0.25, 0.3) is 0 Å². The number of hydrogen-bond donors (Lipinski definition) is 1. The Hall–Kier alpha value is -1.84. The van der Waals surface area contributed by atoms with E-state index in [1.165, 1.54) is 6.07 Å². The lowest BCUT2D eigenvalue weighted by Crippen LogP contribution is -1.98. The number of carboxylic acid groups (broad SMARTS) is 1. The minimum absolute atomic E-state index is 0.0471. The second kappa shape index (κ2) is 4.20. The fourth-order valence-electron chi connectivity index (χ4n) is 2.07. The van der Waals surface area contributed by atoms with E-state index in [1.807, 2.05) is 13.8 Å². The summed E-state index contributed by atoms with van der Waals surface area (Å²) in [7, 11) is 0. The van der Waals surface area contributed by atoms with Gasteiger partial charge in [-0.05, 0) is 25.0 Å². The Morgan fingerprint density at radius 2 is 2.18 bits per heavy atom. The maximum absolute atomic E-state index is 13.6. The van der Waals surface area contributed by atoms with Gasteiger partial charge in [-0.3, -0.25) is 0 Å². The van der Waals surface area contributed by atoms with Gasteiger partial charge in [-0.1, -0.05) is 19.4 Å². The molecule has 0 spiro atoms. The van der Waals surface area contributed by atoms with Gasteiger partial charge < -0.3 is 9.52 Å². The van der Waals surface area contributed by atoms with Gasteiger partial charge in [0.15, 0.2) is 11.4 Å². The lowest BCUT2D eigenvalue weighted by Gasteiger charge is -2.00. The summed E-state index contributed by atoms with van der Waals surface area (Å²) in [4.78, 5) is 11.1. The molecule has 0 aliphatic heterocycles. The quantitative estimate of drug-likeness (QED) is 0.886. The van der Waals surface area contributed by atoms with Crippen LogP contribution in [0.3, 0.4) is 0 Å². The molecule has 90 valence electrons. The van der Waals surface area contributed by atoms with Crippen molar-refractivity contribution < 1.29 is 18.7 Å². The molecule has 2 rings (SSSR count). The predicted octanol–water partition coefficient (Wildman–Crippen LogP) is 3.53. The number of hydrogen-bond acceptors (Lipinski definition) is 2. The van der Waals surface area contributed by atoms with E-state index in [0.717, 1.165) is 12.0 Å². The van der Waals surface area contributed by atoms with Crippen LogP contribution in [-0.2, 0) is 6.42 Å². The van der Waals surface area contributed by atoms with E-state index in [9.17, 15) is 9.18 Å². The van der Waals surface area contributed by atoms with E-state index in [2.05, 4.69) is 0 Å². The highest BCUT2D eigenvalue weighted by Crippen LogP contribution is 2.31. The molecule has 0 atom stereocenters. The Labute approximate surface area is 97.9 Å². The van der Waals surface area contributed by atoms with Crippen LogP contribution in [0.1, 0.15) is 35.0 Å². The maximum Gasteiger partial charge on any atom is 0.372 e.